The zero-order valence-electron chi connectivity index (χ0n) is 17.2. The Bertz CT molecular complexity index is 742. The fraction of sp³-hybridized carbons (Fsp3) is 0.458. The van der Waals surface area contributed by atoms with E-state index in [9.17, 15) is 9.90 Å². The average molecular weight is 397 g/mol. The van der Waals surface area contributed by atoms with Crippen LogP contribution in [0.25, 0.3) is 0 Å². The molecule has 2 N–H and O–H groups in total. The largest absolute Gasteiger partial charge is 0.494 e. The lowest BCUT2D eigenvalue weighted by Crippen LogP contribution is -2.37. The fourth-order valence-electron chi connectivity index (χ4n) is 3.67. The van der Waals surface area contributed by atoms with E-state index in [0.717, 1.165) is 24.3 Å². The number of amides is 1. The van der Waals surface area contributed by atoms with Crippen molar-refractivity contribution in [3.05, 3.63) is 65.7 Å². The molecular formula is C24H32N2O3. The Balaban J connectivity index is 1.42. The predicted molar refractivity (Wildman–Crippen MR) is 115 cm³/mol. The molecule has 1 amide bonds. The number of carbonyl (C=O) groups is 1. The van der Waals surface area contributed by atoms with Gasteiger partial charge in [0.15, 0.2) is 0 Å². The third-order valence-electron chi connectivity index (χ3n) is 5.43. The van der Waals surface area contributed by atoms with Crippen molar-refractivity contribution in [2.45, 2.75) is 44.8 Å². The Kier molecular flexibility index (Phi) is 8.08. The van der Waals surface area contributed by atoms with Gasteiger partial charge >= 0.3 is 0 Å². The summed E-state index contributed by atoms with van der Waals surface area (Å²) >= 11 is 0. The topological polar surface area (TPSA) is 61.8 Å². The van der Waals surface area contributed by atoms with E-state index >= 15 is 0 Å². The van der Waals surface area contributed by atoms with Crippen molar-refractivity contribution in [3.8, 4) is 5.75 Å². The first-order valence-electron chi connectivity index (χ1n) is 10.6. The number of aliphatic hydroxyl groups excluding tert-OH is 1. The molecule has 0 aliphatic carbocycles. The van der Waals surface area contributed by atoms with Gasteiger partial charge in [-0.05, 0) is 69.1 Å². The van der Waals surface area contributed by atoms with Gasteiger partial charge < -0.3 is 20.1 Å². The monoisotopic (exact) mass is 396 g/mol. The Morgan fingerprint density at radius 1 is 1.07 bits per heavy atom. The summed E-state index contributed by atoms with van der Waals surface area (Å²) in [7, 11) is 0. The van der Waals surface area contributed by atoms with E-state index in [1.165, 1.54) is 32.4 Å². The minimum Gasteiger partial charge on any atom is -0.494 e. The molecule has 1 aliphatic rings. The van der Waals surface area contributed by atoms with Gasteiger partial charge in [-0.25, -0.2) is 0 Å². The highest BCUT2D eigenvalue weighted by molar-refractivity contribution is 5.94. The summed E-state index contributed by atoms with van der Waals surface area (Å²) in [6.07, 6.45) is 4.24. The van der Waals surface area contributed by atoms with Gasteiger partial charge in [-0.15, -0.1) is 0 Å². The molecule has 1 fully saturated rings. The van der Waals surface area contributed by atoms with Gasteiger partial charge in [0, 0.05) is 12.1 Å². The van der Waals surface area contributed by atoms with Gasteiger partial charge in [0.05, 0.1) is 18.8 Å². The van der Waals surface area contributed by atoms with E-state index in [0.29, 0.717) is 12.2 Å². The lowest BCUT2D eigenvalue weighted by atomic mass is 10.0. The van der Waals surface area contributed by atoms with Crippen molar-refractivity contribution >= 4 is 5.91 Å². The first kappa shape index (κ1) is 21.3. The molecule has 2 aromatic carbocycles. The molecule has 2 aromatic rings. The maximum absolute atomic E-state index is 12.5. The van der Waals surface area contributed by atoms with Crippen molar-refractivity contribution < 1.29 is 14.6 Å². The summed E-state index contributed by atoms with van der Waals surface area (Å²) in [5, 5.41) is 13.3. The Hall–Kier alpha value is -2.37. The number of carbonyl (C=O) groups excluding carboxylic acids is 1. The van der Waals surface area contributed by atoms with Crippen LogP contribution in [0.4, 0.5) is 0 Å². The number of hydrogen-bond donors (Lipinski definition) is 2. The van der Waals surface area contributed by atoms with E-state index in [2.05, 4.69) is 10.2 Å². The van der Waals surface area contributed by atoms with Crippen molar-refractivity contribution in [2.24, 2.45) is 0 Å². The van der Waals surface area contributed by atoms with Gasteiger partial charge in [-0.3, -0.25) is 4.79 Å². The zero-order chi connectivity index (χ0) is 20.5. The van der Waals surface area contributed by atoms with Crippen LogP contribution in [-0.4, -0.2) is 48.2 Å². The minimum absolute atomic E-state index is 0.205. The van der Waals surface area contributed by atoms with Crippen LogP contribution in [0.1, 0.15) is 54.6 Å². The van der Waals surface area contributed by atoms with Crippen LogP contribution in [0.2, 0.25) is 0 Å². The molecular weight excluding hydrogens is 364 g/mol. The first-order valence-corrected chi connectivity index (χ1v) is 10.6. The molecule has 0 aromatic heterocycles. The van der Waals surface area contributed by atoms with E-state index < -0.39 is 12.1 Å². The number of benzene rings is 2. The van der Waals surface area contributed by atoms with E-state index in [-0.39, 0.29) is 5.91 Å². The third kappa shape index (κ3) is 6.58. The van der Waals surface area contributed by atoms with Gasteiger partial charge in [0.1, 0.15) is 5.75 Å². The number of aliphatic hydroxyl groups is 1. The number of piperidine rings is 1. The number of nitrogens with one attached hydrogen (secondary N) is 1. The van der Waals surface area contributed by atoms with E-state index in [1.807, 2.05) is 42.5 Å². The number of likely N-dealkylation sites (tertiary alicyclic amines) is 1. The van der Waals surface area contributed by atoms with Crippen LogP contribution < -0.4 is 10.1 Å². The van der Waals surface area contributed by atoms with Gasteiger partial charge in [-0.2, -0.15) is 0 Å². The molecule has 5 nitrogen and oxygen atoms in total. The molecule has 1 aliphatic heterocycles. The molecule has 0 radical (unpaired) electrons. The Morgan fingerprint density at radius 3 is 2.45 bits per heavy atom. The maximum Gasteiger partial charge on any atom is 0.251 e. The van der Waals surface area contributed by atoms with Gasteiger partial charge in [0.25, 0.3) is 5.91 Å². The maximum atomic E-state index is 12.5. The lowest BCUT2D eigenvalue weighted by molar-refractivity contribution is 0.0852. The summed E-state index contributed by atoms with van der Waals surface area (Å²) in [6, 6.07) is 16.1. The molecule has 0 unspecified atom stereocenters. The predicted octanol–water partition coefficient (Wildman–Crippen LogP) is 3.79. The smallest absolute Gasteiger partial charge is 0.251 e. The molecule has 156 valence electrons. The molecule has 29 heavy (non-hydrogen) atoms. The van der Waals surface area contributed by atoms with Crippen molar-refractivity contribution in [1.82, 2.24) is 10.2 Å². The highest BCUT2D eigenvalue weighted by atomic mass is 16.5. The first-order chi connectivity index (χ1) is 14.1. The van der Waals surface area contributed by atoms with Crippen molar-refractivity contribution in [3.63, 3.8) is 0 Å². The summed E-state index contributed by atoms with van der Waals surface area (Å²) in [4.78, 5) is 15.0. The molecule has 1 heterocycles. The minimum atomic E-state index is -0.748. The van der Waals surface area contributed by atoms with Crippen LogP contribution in [0.5, 0.6) is 5.75 Å². The average Bonchev–Trinajstić information content (AvgIpc) is 2.78. The van der Waals surface area contributed by atoms with E-state index in [4.69, 9.17) is 4.74 Å². The molecule has 1 saturated heterocycles. The Labute approximate surface area is 173 Å². The molecule has 0 bridgehead atoms. The van der Waals surface area contributed by atoms with E-state index in [1.54, 1.807) is 19.1 Å². The second-order valence-electron chi connectivity index (χ2n) is 7.75. The lowest BCUT2D eigenvalue weighted by Gasteiger charge is -2.26. The molecule has 2 atom stereocenters. The number of nitrogens with zero attached hydrogens (tertiary/aromatic N) is 1. The quantitative estimate of drug-likeness (QED) is 0.633. The molecule has 0 spiro atoms. The van der Waals surface area contributed by atoms with Gasteiger partial charge in [0.2, 0.25) is 0 Å². The summed E-state index contributed by atoms with van der Waals surface area (Å²) in [5.74, 6) is 0.571. The number of ether oxygens (including phenoxy) is 1. The second kappa shape index (κ2) is 11.0. The zero-order valence-corrected chi connectivity index (χ0v) is 17.2. The van der Waals surface area contributed by atoms with Crippen molar-refractivity contribution in [2.75, 3.05) is 26.2 Å². The highest BCUT2D eigenvalue weighted by Gasteiger charge is 2.19. The summed E-state index contributed by atoms with van der Waals surface area (Å²) < 4.78 is 5.81. The standard InChI is InChI=1S/C24H32N2O3/c1-19(23(27)20-9-4-2-5-10-20)25-24(28)21-11-13-22(14-12-21)29-18-8-17-26-15-6-3-7-16-26/h2,4-5,9-14,19,23,27H,3,6-8,15-18H2,1H3,(H,25,28)/t19-,23-/m0/s1. The van der Waals surface area contributed by atoms with Crippen LogP contribution in [-0.2, 0) is 0 Å². The fourth-order valence-corrected chi connectivity index (χ4v) is 3.67. The highest BCUT2D eigenvalue weighted by Crippen LogP contribution is 2.17. The third-order valence-corrected chi connectivity index (χ3v) is 5.43. The molecule has 3 rings (SSSR count). The second-order valence-corrected chi connectivity index (χ2v) is 7.75. The van der Waals surface area contributed by atoms with Crippen molar-refractivity contribution in [1.29, 1.82) is 0 Å². The van der Waals surface area contributed by atoms with Crippen LogP contribution in [0.15, 0.2) is 54.6 Å². The van der Waals surface area contributed by atoms with Crippen LogP contribution in [0.3, 0.4) is 0 Å². The van der Waals surface area contributed by atoms with Crippen LogP contribution in [0, 0.1) is 0 Å². The summed E-state index contributed by atoms with van der Waals surface area (Å²) in [5.41, 5.74) is 1.34. The van der Waals surface area contributed by atoms with Gasteiger partial charge in [-0.1, -0.05) is 36.8 Å². The Morgan fingerprint density at radius 2 is 1.76 bits per heavy atom. The SMILES string of the molecule is C[C@H](NC(=O)c1ccc(OCCCN2CCCCC2)cc1)[C@H](O)c1ccccc1. The number of rotatable bonds is 9. The van der Waals surface area contributed by atoms with Crippen LogP contribution >= 0.6 is 0 Å². The number of hydrogen-bond acceptors (Lipinski definition) is 4. The normalized spacial score (nSPS) is 16.8. The molecule has 0 saturated carbocycles. The summed E-state index contributed by atoms with van der Waals surface area (Å²) in [6.45, 7) is 5.99. The molecule has 5 heteroatoms.